The molecular weight excluding hydrogens is 298 g/mol. The first-order valence-electron chi connectivity index (χ1n) is 5.56. The maximum atomic E-state index is 6.30. The van der Waals surface area contributed by atoms with Crippen molar-refractivity contribution in [3.05, 3.63) is 57.5 Å². The summed E-state index contributed by atoms with van der Waals surface area (Å²) in [6, 6.07) is 14.5. The second kappa shape index (κ2) is 4.35. The zero-order valence-corrected chi connectivity index (χ0v) is 11.5. The quantitative estimate of drug-likeness (QED) is 0.731. The molecule has 0 N–H and O–H groups in total. The fourth-order valence-corrected chi connectivity index (χ4v) is 3.06. The van der Waals surface area contributed by atoms with Crippen molar-refractivity contribution in [2.45, 2.75) is 6.42 Å². The fraction of sp³-hybridized carbons (Fsp3) is 0.143. The van der Waals surface area contributed by atoms with E-state index < -0.39 is 0 Å². The molecule has 0 bridgehead atoms. The van der Waals surface area contributed by atoms with Crippen molar-refractivity contribution in [2.75, 3.05) is 11.4 Å². The summed E-state index contributed by atoms with van der Waals surface area (Å²) in [7, 11) is 0. The van der Waals surface area contributed by atoms with Gasteiger partial charge in [-0.05, 0) is 36.2 Å². The Labute approximate surface area is 114 Å². The lowest BCUT2D eigenvalue weighted by molar-refractivity contribution is 0.998. The van der Waals surface area contributed by atoms with Crippen LogP contribution < -0.4 is 4.90 Å². The van der Waals surface area contributed by atoms with Gasteiger partial charge in [0.25, 0.3) is 0 Å². The molecule has 86 valence electrons. The van der Waals surface area contributed by atoms with Gasteiger partial charge in [0.2, 0.25) is 0 Å². The molecule has 3 heteroatoms. The van der Waals surface area contributed by atoms with Crippen LogP contribution in [-0.4, -0.2) is 6.54 Å². The molecule has 3 rings (SSSR count). The molecule has 1 nitrogen and oxygen atoms in total. The molecule has 0 radical (unpaired) electrons. The van der Waals surface area contributed by atoms with Gasteiger partial charge >= 0.3 is 0 Å². The molecule has 1 heterocycles. The van der Waals surface area contributed by atoms with Gasteiger partial charge in [-0.15, -0.1) is 0 Å². The number of rotatable bonds is 1. The van der Waals surface area contributed by atoms with Crippen LogP contribution in [0.25, 0.3) is 0 Å². The molecule has 1 aliphatic heterocycles. The first-order valence-corrected chi connectivity index (χ1v) is 6.73. The highest BCUT2D eigenvalue weighted by atomic mass is 79.9. The van der Waals surface area contributed by atoms with Crippen LogP contribution in [-0.2, 0) is 6.42 Å². The topological polar surface area (TPSA) is 3.24 Å². The van der Waals surface area contributed by atoms with Crippen molar-refractivity contribution >= 4 is 38.9 Å². The Kier molecular flexibility index (Phi) is 2.85. The molecule has 0 fully saturated rings. The summed E-state index contributed by atoms with van der Waals surface area (Å²) in [5.41, 5.74) is 3.75. The van der Waals surface area contributed by atoms with E-state index in [0.717, 1.165) is 28.1 Å². The second-order valence-electron chi connectivity index (χ2n) is 4.13. The molecule has 17 heavy (non-hydrogen) atoms. The lowest BCUT2D eigenvalue weighted by Gasteiger charge is -2.20. The zero-order valence-electron chi connectivity index (χ0n) is 9.16. The van der Waals surface area contributed by atoms with Gasteiger partial charge in [0, 0.05) is 16.7 Å². The average molecular weight is 309 g/mol. The fourth-order valence-electron chi connectivity index (χ4n) is 2.29. The van der Waals surface area contributed by atoms with E-state index >= 15 is 0 Å². The molecule has 0 aliphatic carbocycles. The van der Waals surface area contributed by atoms with Crippen LogP contribution in [0.1, 0.15) is 5.56 Å². The normalized spacial score (nSPS) is 13.9. The summed E-state index contributed by atoms with van der Waals surface area (Å²) >= 11 is 9.74. The van der Waals surface area contributed by atoms with Crippen molar-refractivity contribution in [2.24, 2.45) is 0 Å². The van der Waals surface area contributed by atoms with Crippen LogP contribution in [0.15, 0.2) is 46.9 Å². The van der Waals surface area contributed by atoms with E-state index in [4.69, 9.17) is 11.6 Å². The van der Waals surface area contributed by atoms with E-state index in [0.29, 0.717) is 0 Å². The predicted octanol–water partition coefficient (Wildman–Crippen LogP) is 4.80. The summed E-state index contributed by atoms with van der Waals surface area (Å²) < 4.78 is 1.01. The number of para-hydroxylation sites is 1. The lowest BCUT2D eigenvalue weighted by atomic mass is 10.2. The van der Waals surface area contributed by atoms with Gasteiger partial charge in [0.05, 0.1) is 10.7 Å². The number of halogens is 2. The minimum atomic E-state index is 0.788. The number of hydrogen-bond acceptors (Lipinski definition) is 1. The largest absolute Gasteiger partial charge is 0.340 e. The Bertz CT molecular complexity index is 568. The third-order valence-electron chi connectivity index (χ3n) is 3.09. The van der Waals surface area contributed by atoms with Crippen molar-refractivity contribution in [1.29, 1.82) is 0 Å². The molecule has 0 spiro atoms. The number of benzene rings is 2. The molecule has 0 saturated heterocycles. The Hall–Kier alpha value is -0.990. The smallest absolute Gasteiger partial charge is 0.0654 e. The SMILES string of the molecule is Clc1cc(Br)ccc1N1CCc2ccccc21. The van der Waals surface area contributed by atoms with E-state index in [1.54, 1.807) is 0 Å². The van der Waals surface area contributed by atoms with Gasteiger partial charge in [-0.3, -0.25) is 0 Å². The highest BCUT2D eigenvalue weighted by Crippen LogP contribution is 2.38. The van der Waals surface area contributed by atoms with Gasteiger partial charge in [-0.1, -0.05) is 45.7 Å². The van der Waals surface area contributed by atoms with Crippen molar-refractivity contribution in [3.8, 4) is 0 Å². The van der Waals surface area contributed by atoms with Crippen LogP contribution in [0.3, 0.4) is 0 Å². The second-order valence-corrected chi connectivity index (χ2v) is 5.45. The van der Waals surface area contributed by atoms with Crippen LogP contribution in [0.2, 0.25) is 5.02 Å². The molecule has 0 atom stereocenters. The molecule has 0 saturated carbocycles. The Morgan fingerprint density at radius 1 is 1.06 bits per heavy atom. The van der Waals surface area contributed by atoms with Crippen LogP contribution in [0.4, 0.5) is 11.4 Å². The average Bonchev–Trinajstić information content (AvgIpc) is 2.73. The molecule has 1 aliphatic rings. The molecule has 0 unspecified atom stereocenters. The van der Waals surface area contributed by atoms with Gasteiger partial charge in [0.15, 0.2) is 0 Å². The first-order chi connectivity index (χ1) is 8.25. The van der Waals surface area contributed by atoms with Gasteiger partial charge < -0.3 is 4.90 Å². The van der Waals surface area contributed by atoms with E-state index in [-0.39, 0.29) is 0 Å². The maximum Gasteiger partial charge on any atom is 0.0654 e. The van der Waals surface area contributed by atoms with E-state index in [2.05, 4.69) is 51.2 Å². The maximum absolute atomic E-state index is 6.30. The van der Waals surface area contributed by atoms with E-state index in [1.165, 1.54) is 11.3 Å². The number of nitrogens with zero attached hydrogens (tertiary/aromatic N) is 1. The minimum Gasteiger partial charge on any atom is -0.340 e. The highest BCUT2D eigenvalue weighted by Gasteiger charge is 2.21. The predicted molar refractivity (Wildman–Crippen MR) is 76.3 cm³/mol. The number of hydrogen-bond donors (Lipinski definition) is 0. The Balaban J connectivity index is 2.07. The number of fused-ring (bicyclic) bond motifs is 1. The zero-order chi connectivity index (χ0) is 11.8. The van der Waals surface area contributed by atoms with Gasteiger partial charge in [-0.2, -0.15) is 0 Å². The van der Waals surface area contributed by atoms with E-state index in [9.17, 15) is 0 Å². The highest BCUT2D eigenvalue weighted by molar-refractivity contribution is 9.10. The Morgan fingerprint density at radius 2 is 1.88 bits per heavy atom. The first kappa shape index (κ1) is 11.1. The molecular formula is C14H11BrClN. The molecule has 2 aromatic carbocycles. The van der Waals surface area contributed by atoms with Gasteiger partial charge in [-0.25, -0.2) is 0 Å². The Morgan fingerprint density at radius 3 is 2.71 bits per heavy atom. The summed E-state index contributed by atoms with van der Waals surface area (Å²) in [6.45, 7) is 1.00. The van der Waals surface area contributed by atoms with Crippen molar-refractivity contribution in [1.82, 2.24) is 0 Å². The van der Waals surface area contributed by atoms with Gasteiger partial charge in [0.1, 0.15) is 0 Å². The number of anilines is 2. The molecule has 0 aromatic heterocycles. The summed E-state index contributed by atoms with van der Waals surface area (Å²) in [6.07, 6.45) is 1.09. The van der Waals surface area contributed by atoms with Crippen LogP contribution >= 0.6 is 27.5 Å². The summed E-state index contributed by atoms with van der Waals surface area (Å²) in [5.74, 6) is 0. The monoisotopic (exact) mass is 307 g/mol. The minimum absolute atomic E-state index is 0.788. The molecule has 2 aromatic rings. The standard InChI is InChI=1S/C14H11BrClN/c15-11-5-6-14(12(16)9-11)17-8-7-10-3-1-2-4-13(10)17/h1-6,9H,7-8H2. The lowest BCUT2D eigenvalue weighted by Crippen LogP contribution is -2.13. The van der Waals surface area contributed by atoms with Crippen LogP contribution in [0, 0.1) is 0 Å². The van der Waals surface area contributed by atoms with E-state index in [1.807, 2.05) is 12.1 Å². The van der Waals surface area contributed by atoms with Crippen molar-refractivity contribution in [3.63, 3.8) is 0 Å². The third kappa shape index (κ3) is 1.96. The van der Waals surface area contributed by atoms with Crippen molar-refractivity contribution < 1.29 is 0 Å². The molecule has 0 amide bonds. The van der Waals surface area contributed by atoms with Crippen LogP contribution in [0.5, 0.6) is 0 Å². The third-order valence-corrected chi connectivity index (χ3v) is 3.88. The summed E-state index contributed by atoms with van der Waals surface area (Å²) in [4.78, 5) is 2.28. The summed E-state index contributed by atoms with van der Waals surface area (Å²) in [5, 5.41) is 0.788.